The van der Waals surface area contributed by atoms with Crippen LogP contribution in [0, 0.1) is 5.92 Å². The average molecular weight is 355 g/mol. The van der Waals surface area contributed by atoms with E-state index < -0.39 is 0 Å². The van der Waals surface area contributed by atoms with Gasteiger partial charge in [0, 0.05) is 37.7 Å². The Hall–Kier alpha value is -1.72. The van der Waals surface area contributed by atoms with Gasteiger partial charge in [0.2, 0.25) is 5.91 Å². The van der Waals surface area contributed by atoms with Crippen LogP contribution in [0.3, 0.4) is 0 Å². The molecule has 140 valence electrons. The van der Waals surface area contributed by atoms with Crippen LogP contribution in [0.5, 0.6) is 0 Å². The lowest BCUT2D eigenvalue weighted by atomic mass is 9.75. The van der Waals surface area contributed by atoms with E-state index in [9.17, 15) is 4.79 Å². The molecule has 1 aromatic heterocycles. The molecule has 0 bridgehead atoms. The van der Waals surface area contributed by atoms with Gasteiger partial charge >= 0.3 is 0 Å². The Bertz CT molecular complexity index is 667. The first-order valence-electron chi connectivity index (χ1n) is 9.82. The minimum Gasteiger partial charge on any atom is -0.376 e. The van der Waals surface area contributed by atoms with Crippen molar-refractivity contribution in [2.45, 2.75) is 44.2 Å². The summed E-state index contributed by atoms with van der Waals surface area (Å²) in [5.74, 6) is 0.855. The van der Waals surface area contributed by atoms with Crippen molar-refractivity contribution >= 4 is 5.91 Å². The summed E-state index contributed by atoms with van der Waals surface area (Å²) in [4.78, 5) is 21.1. The first kappa shape index (κ1) is 17.7. The molecule has 1 unspecified atom stereocenters. The molecule has 1 spiro atoms. The highest BCUT2D eigenvalue weighted by Crippen LogP contribution is 2.39. The van der Waals surface area contributed by atoms with Gasteiger partial charge in [0.25, 0.3) is 0 Å². The van der Waals surface area contributed by atoms with E-state index in [1.54, 1.807) is 0 Å². The summed E-state index contributed by atoms with van der Waals surface area (Å²) in [7, 11) is 2.21. The highest BCUT2D eigenvalue weighted by Gasteiger charge is 2.51. The minimum atomic E-state index is 0.164. The smallest absolute Gasteiger partial charge is 0.249 e. The molecule has 0 radical (unpaired) electrons. The summed E-state index contributed by atoms with van der Waals surface area (Å²) >= 11 is 0. The summed E-state index contributed by atoms with van der Waals surface area (Å²) in [5.41, 5.74) is 2.38. The van der Waals surface area contributed by atoms with Gasteiger partial charge < -0.3 is 9.64 Å². The third-order valence-corrected chi connectivity index (χ3v) is 6.30. The number of rotatable bonds is 5. The van der Waals surface area contributed by atoms with Gasteiger partial charge in [-0.05, 0) is 69.3 Å². The van der Waals surface area contributed by atoms with Gasteiger partial charge in [-0.25, -0.2) is 0 Å². The number of allylic oxidation sites excluding steroid dienone is 1. The summed E-state index contributed by atoms with van der Waals surface area (Å²) < 4.78 is 5.98. The number of nitrogens with zero attached hydrogens (tertiary/aromatic N) is 3. The van der Waals surface area contributed by atoms with Crippen LogP contribution in [0.1, 0.15) is 37.7 Å². The van der Waals surface area contributed by atoms with Crippen molar-refractivity contribution in [1.82, 2.24) is 14.8 Å². The van der Waals surface area contributed by atoms with Crippen molar-refractivity contribution in [2.24, 2.45) is 5.92 Å². The van der Waals surface area contributed by atoms with Gasteiger partial charge in [-0.3, -0.25) is 14.7 Å². The number of hydrogen-bond acceptors (Lipinski definition) is 4. The van der Waals surface area contributed by atoms with E-state index in [2.05, 4.69) is 23.0 Å². The van der Waals surface area contributed by atoms with Crippen LogP contribution >= 0.6 is 0 Å². The van der Waals surface area contributed by atoms with E-state index in [0.717, 1.165) is 57.5 Å². The summed E-state index contributed by atoms with van der Waals surface area (Å²) in [5, 5.41) is 0. The second kappa shape index (κ2) is 7.49. The second-order valence-electron chi connectivity index (χ2n) is 8.16. The number of pyridine rings is 1. The maximum Gasteiger partial charge on any atom is 0.249 e. The fourth-order valence-corrected chi connectivity index (χ4v) is 4.62. The Labute approximate surface area is 156 Å². The lowest BCUT2D eigenvalue weighted by Crippen LogP contribution is -2.72. The Kier molecular flexibility index (Phi) is 5.09. The van der Waals surface area contributed by atoms with Crippen LogP contribution in [0.4, 0.5) is 0 Å². The van der Waals surface area contributed by atoms with E-state index in [-0.39, 0.29) is 11.4 Å². The highest BCUT2D eigenvalue weighted by atomic mass is 16.5. The number of likely N-dealkylation sites (N-methyl/N-ethyl adjacent to an activating group) is 1. The van der Waals surface area contributed by atoms with E-state index >= 15 is 0 Å². The number of hydrogen-bond donors (Lipinski definition) is 0. The fraction of sp³-hybridized carbons (Fsp3) is 0.619. The van der Waals surface area contributed by atoms with Crippen LogP contribution in [-0.2, 0) is 16.1 Å². The fourth-order valence-electron chi connectivity index (χ4n) is 4.62. The number of ether oxygens (including phenoxy) is 1. The van der Waals surface area contributed by atoms with Crippen molar-refractivity contribution in [3.8, 4) is 0 Å². The molecule has 2 aliphatic heterocycles. The standard InChI is InChI=1S/C21H29N3O2/c1-23-11-8-18(14-26-13-17-6-9-22-10-7-17)12-21(23)15-24(16-21)20(25)19-4-2-3-5-19/h4,6-7,9-10,18H,2-3,5,8,11-16H2,1H3. The van der Waals surface area contributed by atoms with Gasteiger partial charge in [0.05, 0.1) is 12.1 Å². The molecule has 1 atom stereocenters. The monoisotopic (exact) mass is 355 g/mol. The Balaban J connectivity index is 1.28. The Morgan fingerprint density at radius 3 is 2.88 bits per heavy atom. The van der Waals surface area contributed by atoms with Crippen molar-refractivity contribution in [3.05, 3.63) is 41.7 Å². The molecule has 26 heavy (non-hydrogen) atoms. The van der Waals surface area contributed by atoms with E-state index in [1.807, 2.05) is 29.4 Å². The van der Waals surface area contributed by atoms with Crippen LogP contribution < -0.4 is 0 Å². The van der Waals surface area contributed by atoms with E-state index in [4.69, 9.17) is 4.74 Å². The third kappa shape index (κ3) is 3.55. The van der Waals surface area contributed by atoms with Gasteiger partial charge in [-0.2, -0.15) is 0 Å². The zero-order valence-electron chi connectivity index (χ0n) is 15.7. The molecule has 2 saturated heterocycles. The summed E-state index contributed by atoms with van der Waals surface area (Å²) in [6, 6.07) is 4.01. The lowest BCUT2D eigenvalue weighted by Gasteiger charge is -2.58. The molecule has 2 fully saturated rings. The summed E-state index contributed by atoms with van der Waals surface area (Å²) in [6.45, 7) is 4.30. The zero-order chi connectivity index (χ0) is 18.0. The number of likely N-dealkylation sites (tertiary alicyclic amines) is 2. The van der Waals surface area contributed by atoms with Crippen molar-refractivity contribution < 1.29 is 9.53 Å². The number of carbonyl (C=O) groups is 1. The number of aromatic nitrogens is 1. The molecular formula is C21H29N3O2. The van der Waals surface area contributed by atoms with Gasteiger partial charge in [0.1, 0.15) is 0 Å². The zero-order valence-corrected chi connectivity index (χ0v) is 15.7. The van der Waals surface area contributed by atoms with E-state index in [0.29, 0.717) is 12.5 Å². The highest BCUT2D eigenvalue weighted by molar-refractivity contribution is 5.94. The summed E-state index contributed by atoms with van der Waals surface area (Å²) in [6.07, 6.45) is 11.2. The molecule has 1 aromatic rings. The van der Waals surface area contributed by atoms with Gasteiger partial charge in [0.15, 0.2) is 0 Å². The van der Waals surface area contributed by atoms with Crippen molar-refractivity contribution in [2.75, 3.05) is 33.3 Å². The average Bonchev–Trinajstić information content (AvgIpc) is 3.16. The molecular weight excluding hydrogens is 326 g/mol. The largest absolute Gasteiger partial charge is 0.376 e. The third-order valence-electron chi connectivity index (χ3n) is 6.30. The molecule has 0 N–H and O–H groups in total. The SMILES string of the molecule is CN1CCC(COCc2ccncc2)CC12CN(C(=O)C1=CCCC1)C2. The van der Waals surface area contributed by atoms with E-state index in [1.165, 1.54) is 12.0 Å². The molecule has 4 rings (SSSR count). The van der Waals surface area contributed by atoms with Crippen molar-refractivity contribution in [1.29, 1.82) is 0 Å². The predicted octanol–water partition coefficient (Wildman–Crippen LogP) is 2.63. The first-order valence-corrected chi connectivity index (χ1v) is 9.82. The molecule has 3 heterocycles. The molecule has 3 aliphatic rings. The topological polar surface area (TPSA) is 45.7 Å². The second-order valence-corrected chi connectivity index (χ2v) is 8.16. The lowest BCUT2D eigenvalue weighted by molar-refractivity contribution is -0.147. The molecule has 5 nitrogen and oxygen atoms in total. The maximum absolute atomic E-state index is 12.6. The molecule has 1 aliphatic carbocycles. The van der Waals surface area contributed by atoms with Crippen LogP contribution in [-0.4, -0.2) is 59.5 Å². The van der Waals surface area contributed by atoms with Gasteiger partial charge in [-0.1, -0.05) is 6.08 Å². The van der Waals surface area contributed by atoms with Crippen LogP contribution in [0.2, 0.25) is 0 Å². The molecule has 0 aromatic carbocycles. The molecule has 1 amide bonds. The van der Waals surface area contributed by atoms with Crippen LogP contribution in [0.25, 0.3) is 0 Å². The van der Waals surface area contributed by atoms with Gasteiger partial charge in [-0.15, -0.1) is 0 Å². The molecule has 0 saturated carbocycles. The normalized spacial score (nSPS) is 25.2. The quantitative estimate of drug-likeness (QED) is 0.815. The Morgan fingerprint density at radius 1 is 1.35 bits per heavy atom. The molecule has 5 heteroatoms. The van der Waals surface area contributed by atoms with Crippen molar-refractivity contribution in [3.63, 3.8) is 0 Å². The predicted molar refractivity (Wildman–Crippen MR) is 100 cm³/mol. The number of piperidine rings is 1. The minimum absolute atomic E-state index is 0.164. The maximum atomic E-state index is 12.6. The first-order chi connectivity index (χ1) is 12.7. The Morgan fingerprint density at radius 2 is 2.15 bits per heavy atom. The number of carbonyl (C=O) groups excluding carboxylic acids is 1. The number of amides is 1. The van der Waals surface area contributed by atoms with Crippen LogP contribution in [0.15, 0.2) is 36.2 Å².